The van der Waals surface area contributed by atoms with Crippen molar-refractivity contribution in [2.75, 3.05) is 12.8 Å². The average Bonchev–Trinajstić information content (AvgIpc) is 2.29. The molecule has 5 heteroatoms. The average molecular weight is 192 g/mol. The predicted molar refractivity (Wildman–Crippen MR) is 48.2 cm³/mol. The predicted octanol–water partition coefficient (Wildman–Crippen LogP) is -0.337. The number of sulfonamides is 1. The van der Waals surface area contributed by atoms with E-state index in [0.29, 0.717) is 12.5 Å². The number of hydrogen-bond donors (Lipinski definition) is 2. The monoisotopic (exact) mass is 192 g/mol. The second-order valence-electron chi connectivity index (χ2n) is 3.48. The lowest BCUT2D eigenvalue weighted by atomic mass is 10.1. The summed E-state index contributed by atoms with van der Waals surface area (Å²) in [6, 6.07) is 0.180. The molecule has 1 rings (SSSR count). The van der Waals surface area contributed by atoms with Gasteiger partial charge in [-0.3, -0.25) is 0 Å². The van der Waals surface area contributed by atoms with Crippen molar-refractivity contribution in [3.63, 3.8) is 0 Å². The van der Waals surface area contributed by atoms with Gasteiger partial charge in [0.2, 0.25) is 10.0 Å². The maximum absolute atomic E-state index is 10.7. The zero-order chi connectivity index (χ0) is 9.19. The number of nitrogens with one attached hydrogen (secondary N) is 1. The Morgan fingerprint density at radius 3 is 2.58 bits per heavy atom. The molecule has 0 radical (unpaired) electrons. The summed E-state index contributed by atoms with van der Waals surface area (Å²) >= 11 is 0. The number of rotatable bonds is 3. The van der Waals surface area contributed by atoms with E-state index in [-0.39, 0.29) is 6.04 Å². The highest BCUT2D eigenvalue weighted by molar-refractivity contribution is 7.88. The molecule has 1 fully saturated rings. The Morgan fingerprint density at radius 1 is 1.50 bits per heavy atom. The minimum atomic E-state index is -3.04. The fourth-order valence-electron chi connectivity index (χ4n) is 1.58. The molecule has 12 heavy (non-hydrogen) atoms. The number of nitrogens with two attached hydrogens (primary N) is 1. The van der Waals surface area contributed by atoms with Crippen LogP contribution in [0.1, 0.15) is 19.3 Å². The molecule has 0 saturated heterocycles. The van der Waals surface area contributed by atoms with Gasteiger partial charge in [0.1, 0.15) is 0 Å². The minimum absolute atomic E-state index is 0.180. The molecule has 0 spiro atoms. The summed E-state index contributed by atoms with van der Waals surface area (Å²) in [6.07, 6.45) is 4.37. The van der Waals surface area contributed by atoms with Crippen molar-refractivity contribution in [1.82, 2.24) is 4.72 Å². The molecule has 0 aromatic rings. The second kappa shape index (κ2) is 3.72. The lowest BCUT2D eigenvalue weighted by Crippen LogP contribution is -2.35. The minimum Gasteiger partial charge on any atom is -0.327 e. The summed E-state index contributed by atoms with van der Waals surface area (Å²) in [7, 11) is -3.04. The lowest BCUT2D eigenvalue weighted by Gasteiger charge is -2.14. The standard InChI is InChI=1S/C7H16N2O2S/c1-12(10,11)9-5-6-3-2-4-7(6)8/h6-7,9H,2-5,8H2,1H3/t6-,7-/m0/s1. The first-order valence-electron chi connectivity index (χ1n) is 4.19. The van der Waals surface area contributed by atoms with Gasteiger partial charge in [-0.2, -0.15) is 0 Å². The molecular weight excluding hydrogens is 176 g/mol. The Balaban J connectivity index is 2.32. The van der Waals surface area contributed by atoms with Crippen molar-refractivity contribution in [2.45, 2.75) is 25.3 Å². The van der Waals surface area contributed by atoms with Crippen molar-refractivity contribution in [3.05, 3.63) is 0 Å². The van der Waals surface area contributed by atoms with E-state index in [1.165, 1.54) is 6.26 Å². The summed E-state index contributed by atoms with van der Waals surface area (Å²) in [6.45, 7) is 0.500. The molecule has 0 heterocycles. The van der Waals surface area contributed by atoms with Crippen LogP contribution >= 0.6 is 0 Å². The largest absolute Gasteiger partial charge is 0.327 e. The first kappa shape index (κ1) is 9.95. The van der Waals surface area contributed by atoms with Crippen LogP contribution in [0.15, 0.2) is 0 Å². The van der Waals surface area contributed by atoms with Gasteiger partial charge in [-0.05, 0) is 18.8 Å². The molecule has 4 nitrogen and oxygen atoms in total. The highest BCUT2D eigenvalue weighted by Crippen LogP contribution is 2.22. The van der Waals surface area contributed by atoms with Crippen molar-refractivity contribution in [3.8, 4) is 0 Å². The van der Waals surface area contributed by atoms with Gasteiger partial charge in [-0.25, -0.2) is 13.1 Å². The van der Waals surface area contributed by atoms with Gasteiger partial charge in [-0.1, -0.05) is 6.42 Å². The van der Waals surface area contributed by atoms with Crippen LogP contribution in [-0.2, 0) is 10.0 Å². The van der Waals surface area contributed by atoms with E-state index in [9.17, 15) is 8.42 Å². The topological polar surface area (TPSA) is 72.2 Å². The molecule has 3 N–H and O–H groups in total. The van der Waals surface area contributed by atoms with Crippen LogP contribution in [0.5, 0.6) is 0 Å². The van der Waals surface area contributed by atoms with Crippen LogP contribution in [0.25, 0.3) is 0 Å². The van der Waals surface area contributed by atoms with E-state index in [0.717, 1.165) is 19.3 Å². The molecule has 0 bridgehead atoms. The summed E-state index contributed by atoms with van der Waals surface area (Å²) in [5, 5.41) is 0. The van der Waals surface area contributed by atoms with Gasteiger partial charge in [0.25, 0.3) is 0 Å². The van der Waals surface area contributed by atoms with Gasteiger partial charge in [0, 0.05) is 12.6 Å². The van der Waals surface area contributed by atoms with Crippen LogP contribution in [0.3, 0.4) is 0 Å². The molecule has 0 unspecified atom stereocenters. The molecule has 0 amide bonds. The fourth-order valence-corrected chi connectivity index (χ4v) is 2.09. The maximum atomic E-state index is 10.7. The van der Waals surface area contributed by atoms with Gasteiger partial charge in [0.15, 0.2) is 0 Å². The first-order chi connectivity index (χ1) is 5.49. The first-order valence-corrected chi connectivity index (χ1v) is 6.08. The fraction of sp³-hybridized carbons (Fsp3) is 1.00. The van der Waals surface area contributed by atoms with E-state index in [4.69, 9.17) is 5.73 Å². The van der Waals surface area contributed by atoms with E-state index in [1.807, 2.05) is 0 Å². The van der Waals surface area contributed by atoms with Crippen LogP contribution in [0.2, 0.25) is 0 Å². The molecule has 72 valence electrons. The van der Waals surface area contributed by atoms with Crippen LogP contribution < -0.4 is 10.5 Å². The Hall–Kier alpha value is -0.130. The molecular formula is C7H16N2O2S. The maximum Gasteiger partial charge on any atom is 0.208 e. The highest BCUT2D eigenvalue weighted by Gasteiger charge is 2.24. The number of hydrogen-bond acceptors (Lipinski definition) is 3. The summed E-state index contributed by atoms with van der Waals surface area (Å²) in [5.41, 5.74) is 5.77. The van der Waals surface area contributed by atoms with E-state index in [2.05, 4.69) is 4.72 Å². The van der Waals surface area contributed by atoms with Crippen LogP contribution in [-0.4, -0.2) is 27.3 Å². The molecule has 1 aliphatic rings. The van der Waals surface area contributed by atoms with E-state index < -0.39 is 10.0 Å². The van der Waals surface area contributed by atoms with E-state index >= 15 is 0 Å². The second-order valence-corrected chi connectivity index (χ2v) is 5.31. The van der Waals surface area contributed by atoms with Crippen LogP contribution in [0, 0.1) is 5.92 Å². The zero-order valence-electron chi connectivity index (χ0n) is 7.29. The summed E-state index contributed by atoms with van der Waals surface area (Å²) < 4.78 is 24.0. The smallest absolute Gasteiger partial charge is 0.208 e. The van der Waals surface area contributed by atoms with Gasteiger partial charge >= 0.3 is 0 Å². The third-order valence-electron chi connectivity index (χ3n) is 2.33. The quantitative estimate of drug-likeness (QED) is 0.642. The Bertz CT molecular complexity index is 238. The highest BCUT2D eigenvalue weighted by atomic mass is 32.2. The molecule has 1 aliphatic carbocycles. The van der Waals surface area contributed by atoms with Gasteiger partial charge in [-0.15, -0.1) is 0 Å². The summed E-state index contributed by atoms with van der Waals surface area (Å²) in [5.74, 6) is 0.333. The third kappa shape index (κ3) is 3.08. The van der Waals surface area contributed by atoms with Crippen LogP contribution in [0.4, 0.5) is 0 Å². The SMILES string of the molecule is CS(=O)(=O)NC[C@@H]1CCC[C@@H]1N. The normalized spacial score (nSPS) is 30.8. The molecule has 0 aliphatic heterocycles. The lowest BCUT2D eigenvalue weighted by molar-refractivity contribution is 0.470. The van der Waals surface area contributed by atoms with Crippen molar-refractivity contribution in [2.24, 2.45) is 11.7 Å². The molecule has 2 atom stereocenters. The van der Waals surface area contributed by atoms with Crippen molar-refractivity contribution >= 4 is 10.0 Å². The van der Waals surface area contributed by atoms with Crippen molar-refractivity contribution < 1.29 is 8.42 Å². The Labute approximate surface area is 73.6 Å². The zero-order valence-corrected chi connectivity index (χ0v) is 8.10. The van der Waals surface area contributed by atoms with Gasteiger partial charge in [0.05, 0.1) is 6.26 Å². The van der Waals surface area contributed by atoms with E-state index in [1.54, 1.807) is 0 Å². The Morgan fingerprint density at radius 2 is 2.17 bits per heavy atom. The molecule has 0 aromatic carbocycles. The van der Waals surface area contributed by atoms with Gasteiger partial charge < -0.3 is 5.73 Å². The third-order valence-corrected chi connectivity index (χ3v) is 3.02. The summed E-state index contributed by atoms with van der Waals surface area (Å²) in [4.78, 5) is 0. The Kier molecular flexibility index (Phi) is 3.09. The molecule has 0 aromatic heterocycles. The van der Waals surface area contributed by atoms with Crippen molar-refractivity contribution in [1.29, 1.82) is 0 Å². The molecule has 1 saturated carbocycles.